The molecule has 96 valence electrons. The number of halogens is 1. The summed E-state index contributed by atoms with van der Waals surface area (Å²) in [6.45, 7) is 0.664. The first kappa shape index (κ1) is 16.0. The van der Waals surface area contributed by atoms with Gasteiger partial charge < -0.3 is 16.2 Å². The third-order valence-corrected chi connectivity index (χ3v) is 2.18. The molecule has 0 aromatic carbocycles. The zero-order valence-corrected chi connectivity index (χ0v) is 12.3. The van der Waals surface area contributed by atoms with Crippen LogP contribution in [0.3, 0.4) is 0 Å². The number of nitrogens with zero attached hydrogens (tertiary/aromatic N) is 2. The maximum Gasteiger partial charge on any atom is 0.185 e. The minimum Gasteiger partial charge on any atom is -0.495 e. The average Bonchev–Trinajstić information content (AvgIpc) is 2.29. The number of aliphatic imine (C=N–C) groups is 1. The zero-order valence-electron chi connectivity index (χ0n) is 9.93. The van der Waals surface area contributed by atoms with E-state index < -0.39 is 0 Å². The summed E-state index contributed by atoms with van der Waals surface area (Å²) in [7, 11) is 1.65. The van der Waals surface area contributed by atoms with Crippen molar-refractivity contribution < 1.29 is 4.74 Å². The van der Waals surface area contributed by atoms with Gasteiger partial charge in [-0.3, -0.25) is 9.98 Å². The Kier molecular flexibility index (Phi) is 8.47. The predicted octanol–water partition coefficient (Wildman–Crippen LogP) is 1.30. The highest BCUT2D eigenvalue weighted by Gasteiger charge is 2.02. The van der Waals surface area contributed by atoms with Crippen LogP contribution in [0.15, 0.2) is 23.3 Å². The Morgan fingerprint density at radius 1 is 1.41 bits per heavy atom. The van der Waals surface area contributed by atoms with Gasteiger partial charge in [0.25, 0.3) is 0 Å². The third-order valence-electron chi connectivity index (χ3n) is 2.18. The van der Waals surface area contributed by atoms with Gasteiger partial charge in [-0.1, -0.05) is 0 Å². The Morgan fingerprint density at radius 2 is 2.18 bits per heavy atom. The number of aryl methyl sites for hydroxylation is 1. The second-order valence-corrected chi connectivity index (χ2v) is 3.42. The molecule has 0 amide bonds. The molecule has 1 aromatic rings. The summed E-state index contributed by atoms with van der Waals surface area (Å²) in [4.78, 5) is 8.19. The molecule has 5 nitrogen and oxygen atoms in total. The van der Waals surface area contributed by atoms with Gasteiger partial charge in [-0.05, 0) is 31.4 Å². The Bertz CT molecular complexity index is 353. The highest BCUT2D eigenvalue weighted by Crippen LogP contribution is 2.16. The van der Waals surface area contributed by atoms with Crippen molar-refractivity contribution in [3.8, 4) is 5.75 Å². The molecule has 0 aliphatic rings. The van der Waals surface area contributed by atoms with E-state index in [1.807, 2.05) is 12.1 Å². The Morgan fingerprint density at radius 3 is 2.82 bits per heavy atom. The number of hydrogen-bond acceptors (Lipinski definition) is 3. The Balaban J connectivity index is 0.00000256. The van der Waals surface area contributed by atoms with Gasteiger partial charge in [0, 0.05) is 12.7 Å². The van der Waals surface area contributed by atoms with Crippen LogP contribution >= 0.6 is 24.0 Å². The van der Waals surface area contributed by atoms with Crippen LogP contribution in [-0.4, -0.2) is 24.6 Å². The number of rotatable bonds is 6. The fraction of sp³-hybridized carbons (Fsp3) is 0.455. The van der Waals surface area contributed by atoms with E-state index in [0.29, 0.717) is 6.54 Å². The van der Waals surface area contributed by atoms with Crippen molar-refractivity contribution in [2.24, 2.45) is 16.5 Å². The summed E-state index contributed by atoms with van der Waals surface area (Å²) in [5.41, 5.74) is 11.4. The van der Waals surface area contributed by atoms with Crippen molar-refractivity contribution in [3.63, 3.8) is 0 Å². The van der Waals surface area contributed by atoms with E-state index in [1.54, 1.807) is 13.3 Å². The second kappa shape index (κ2) is 9.03. The van der Waals surface area contributed by atoms with Gasteiger partial charge in [-0.2, -0.15) is 0 Å². The van der Waals surface area contributed by atoms with Crippen LogP contribution in [-0.2, 0) is 6.42 Å². The molecule has 1 heterocycles. The number of pyridine rings is 1. The molecule has 0 aliphatic heterocycles. The van der Waals surface area contributed by atoms with Crippen molar-refractivity contribution in [1.29, 1.82) is 0 Å². The van der Waals surface area contributed by atoms with Crippen molar-refractivity contribution in [2.75, 3.05) is 13.7 Å². The number of guanidine groups is 1. The normalized spacial score (nSPS) is 9.24. The van der Waals surface area contributed by atoms with Gasteiger partial charge in [0.1, 0.15) is 5.75 Å². The predicted molar refractivity (Wildman–Crippen MR) is 79.8 cm³/mol. The zero-order chi connectivity index (χ0) is 11.8. The summed E-state index contributed by atoms with van der Waals surface area (Å²) in [6, 6.07) is 3.78. The van der Waals surface area contributed by atoms with Crippen LogP contribution in [0.25, 0.3) is 0 Å². The molecule has 0 saturated heterocycles. The summed E-state index contributed by atoms with van der Waals surface area (Å²) in [6.07, 6.45) is 4.58. The lowest BCUT2D eigenvalue weighted by molar-refractivity contribution is 0.406. The number of methoxy groups -OCH3 is 1. The summed E-state index contributed by atoms with van der Waals surface area (Å²) in [5.74, 6) is 0.986. The van der Waals surface area contributed by atoms with E-state index in [1.165, 1.54) is 0 Å². The topological polar surface area (TPSA) is 86.5 Å². The van der Waals surface area contributed by atoms with E-state index in [-0.39, 0.29) is 29.9 Å². The molecule has 0 atom stereocenters. The maximum absolute atomic E-state index is 5.23. The average molecular weight is 350 g/mol. The summed E-state index contributed by atoms with van der Waals surface area (Å²) in [5, 5.41) is 0. The molecule has 0 spiro atoms. The first-order valence-corrected chi connectivity index (χ1v) is 5.27. The summed E-state index contributed by atoms with van der Waals surface area (Å²) < 4.78 is 5.21. The third kappa shape index (κ3) is 6.30. The van der Waals surface area contributed by atoms with E-state index >= 15 is 0 Å². The van der Waals surface area contributed by atoms with Gasteiger partial charge in [-0.15, -0.1) is 24.0 Å². The lowest BCUT2D eigenvalue weighted by atomic mass is 10.1. The molecule has 4 N–H and O–H groups in total. The molecule has 0 saturated carbocycles. The van der Waals surface area contributed by atoms with E-state index in [4.69, 9.17) is 16.2 Å². The van der Waals surface area contributed by atoms with Crippen LogP contribution in [0, 0.1) is 0 Å². The van der Waals surface area contributed by atoms with Crippen molar-refractivity contribution in [1.82, 2.24) is 4.98 Å². The molecule has 17 heavy (non-hydrogen) atoms. The molecule has 6 heteroatoms. The molecule has 0 bridgehead atoms. The van der Waals surface area contributed by atoms with Crippen molar-refractivity contribution in [3.05, 3.63) is 24.0 Å². The molecule has 1 aromatic heterocycles. The molecular weight excluding hydrogens is 331 g/mol. The van der Waals surface area contributed by atoms with Gasteiger partial charge in [0.05, 0.1) is 12.8 Å². The maximum atomic E-state index is 5.23. The standard InChI is InChI=1S/C11H18N4O.HI/c1-16-10-6-4-8-14-9(10)5-2-3-7-15-11(12)13;/h4,6,8H,2-3,5,7H2,1H3,(H4,12,13,15);1H. The van der Waals surface area contributed by atoms with Crippen LogP contribution < -0.4 is 16.2 Å². The van der Waals surface area contributed by atoms with Gasteiger partial charge in [0.2, 0.25) is 0 Å². The number of ether oxygens (including phenoxy) is 1. The van der Waals surface area contributed by atoms with Crippen molar-refractivity contribution in [2.45, 2.75) is 19.3 Å². The van der Waals surface area contributed by atoms with E-state index in [9.17, 15) is 0 Å². The monoisotopic (exact) mass is 350 g/mol. The first-order chi connectivity index (χ1) is 7.74. The molecule has 0 radical (unpaired) electrons. The molecule has 1 rings (SSSR count). The Hall–Kier alpha value is -1.05. The number of aromatic nitrogens is 1. The smallest absolute Gasteiger partial charge is 0.185 e. The van der Waals surface area contributed by atoms with Gasteiger partial charge in [0.15, 0.2) is 5.96 Å². The van der Waals surface area contributed by atoms with E-state index in [0.717, 1.165) is 30.7 Å². The lowest BCUT2D eigenvalue weighted by Crippen LogP contribution is -2.22. The van der Waals surface area contributed by atoms with Gasteiger partial charge >= 0.3 is 0 Å². The minimum absolute atomic E-state index is 0. The van der Waals surface area contributed by atoms with Crippen LogP contribution in [0.5, 0.6) is 5.75 Å². The Labute approximate surface area is 119 Å². The number of unbranched alkanes of at least 4 members (excludes halogenated alkanes) is 1. The minimum atomic E-state index is 0. The van der Waals surface area contributed by atoms with Crippen LogP contribution in [0.1, 0.15) is 18.5 Å². The van der Waals surface area contributed by atoms with E-state index in [2.05, 4.69) is 9.98 Å². The highest BCUT2D eigenvalue weighted by atomic mass is 127. The molecular formula is C11H19IN4O. The first-order valence-electron chi connectivity index (χ1n) is 5.27. The summed E-state index contributed by atoms with van der Waals surface area (Å²) >= 11 is 0. The fourth-order valence-corrected chi connectivity index (χ4v) is 1.41. The highest BCUT2D eigenvalue weighted by molar-refractivity contribution is 14.0. The number of hydrogen-bond donors (Lipinski definition) is 2. The molecule has 0 unspecified atom stereocenters. The molecule has 0 fully saturated rings. The second-order valence-electron chi connectivity index (χ2n) is 3.42. The SMILES string of the molecule is COc1cccnc1CCCCN=C(N)N.I. The van der Waals surface area contributed by atoms with Crippen LogP contribution in [0.4, 0.5) is 0 Å². The van der Waals surface area contributed by atoms with Gasteiger partial charge in [-0.25, -0.2) is 0 Å². The fourth-order valence-electron chi connectivity index (χ4n) is 1.41. The molecule has 0 aliphatic carbocycles. The quantitative estimate of drug-likeness (QED) is 0.351. The number of nitrogens with two attached hydrogens (primary N) is 2. The lowest BCUT2D eigenvalue weighted by Gasteiger charge is -2.05. The van der Waals surface area contributed by atoms with Crippen LogP contribution in [0.2, 0.25) is 0 Å². The largest absolute Gasteiger partial charge is 0.495 e. The van der Waals surface area contributed by atoms with Crippen molar-refractivity contribution >= 4 is 29.9 Å².